The minimum absolute atomic E-state index is 0.407. The highest BCUT2D eigenvalue weighted by atomic mass is 15.2. The molecule has 23 heavy (non-hydrogen) atoms. The summed E-state index contributed by atoms with van der Waals surface area (Å²) in [4.78, 5) is 4.35. The highest BCUT2D eigenvalue weighted by Crippen LogP contribution is 2.10. The van der Waals surface area contributed by atoms with Crippen molar-refractivity contribution >= 4 is 0 Å². The molecule has 0 saturated heterocycles. The molecule has 0 amide bonds. The molecule has 0 atom stereocenters. The van der Waals surface area contributed by atoms with E-state index in [0.717, 1.165) is 19.5 Å². The number of rotatable bonds is 13. The Morgan fingerprint density at radius 2 is 0.957 bits per heavy atom. The Balaban J connectivity index is 4.59. The Labute approximate surface area is 140 Å². The third-order valence-electron chi connectivity index (χ3n) is 3.77. The SMILES string of the molecule is CCC(CN(CCC#N)CCC#N)CN(CCC#N)CCC#N. The van der Waals surface area contributed by atoms with Crippen molar-refractivity contribution in [2.24, 2.45) is 5.92 Å². The van der Waals surface area contributed by atoms with E-state index in [0.29, 0.717) is 57.8 Å². The second kappa shape index (κ2) is 14.8. The molecule has 0 aliphatic heterocycles. The van der Waals surface area contributed by atoms with Gasteiger partial charge in [-0.05, 0) is 5.92 Å². The topological polar surface area (TPSA) is 102 Å². The average Bonchev–Trinajstić information content (AvgIpc) is 2.58. The first kappa shape index (κ1) is 20.9. The van der Waals surface area contributed by atoms with Gasteiger partial charge in [-0.3, -0.25) is 0 Å². The van der Waals surface area contributed by atoms with Crippen molar-refractivity contribution in [3.8, 4) is 24.3 Å². The first-order valence-electron chi connectivity index (χ1n) is 8.14. The van der Waals surface area contributed by atoms with Gasteiger partial charge in [0.1, 0.15) is 0 Å². The van der Waals surface area contributed by atoms with Crippen LogP contribution in [0.3, 0.4) is 0 Å². The molecule has 0 aliphatic rings. The standard InChI is InChI=1S/C17H26N6/c1-2-17(15-22(11-3-7-18)12-4-8-19)16-23(13-5-9-20)14-6-10-21/h17H,2-6,11-16H2,1H3. The molecule has 0 aromatic heterocycles. The molecule has 0 aliphatic carbocycles. The van der Waals surface area contributed by atoms with Crippen molar-refractivity contribution in [1.29, 1.82) is 21.0 Å². The molecule has 0 aromatic rings. The van der Waals surface area contributed by atoms with Gasteiger partial charge in [-0.2, -0.15) is 21.0 Å². The molecule has 124 valence electrons. The van der Waals surface area contributed by atoms with Gasteiger partial charge in [-0.25, -0.2) is 0 Å². The van der Waals surface area contributed by atoms with Gasteiger partial charge in [0.25, 0.3) is 0 Å². The summed E-state index contributed by atoms with van der Waals surface area (Å²) in [5.74, 6) is 0.407. The number of hydrogen-bond acceptors (Lipinski definition) is 6. The Morgan fingerprint density at radius 3 is 1.17 bits per heavy atom. The zero-order valence-electron chi connectivity index (χ0n) is 14.0. The van der Waals surface area contributed by atoms with Crippen molar-refractivity contribution < 1.29 is 0 Å². The van der Waals surface area contributed by atoms with Crippen LogP contribution < -0.4 is 0 Å². The second-order valence-corrected chi connectivity index (χ2v) is 5.51. The Hall–Kier alpha value is -2.12. The van der Waals surface area contributed by atoms with Crippen LogP contribution in [-0.4, -0.2) is 49.1 Å². The first-order valence-corrected chi connectivity index (χ1v) is 8.14. The summed E-state index contributed by atoms with van der Waals surface area (Å²) < 4.78 is 0. The molecule has 0 saturated carbocycles. The molecule has 0 unspecified atom stereocenters. The molecule has 0 aromatic carbocycles. The molecule has 0 N–H and O–H groups in total. The van der Waals surface area contributed by atoms with Crippen molar-refractivity contribution in [3.05, 3.63) is 0 Å². The highest BCUT2D eigenvalue weighted by Gasteiger charge is 2.16. The lowest BCUT2D eigenvalue weighted by Crippen LogP contribution is -2.38. The molecule has 0 bridgehead atoms. The van der Waals surface area contributed by atoms with Gasteiger partial charge in [0.05, 0.1) is 24.3 Å². The van der Waals surface area contributed by atoms with Gasteiger partial charge in [0, 0.05) is 65.0 Å². The summed E-state index contributed by atoms with van der Waals surface area (Å²) in [5.41, 5.74) is 0. The van der Waals surface area contributed by atoms with Crippen LogP contribution in [0.25, 0.3) is 0 Å². The van der Waals surface area contributed by atoms with Crippen LogP contribution in [0, 0.1) is 51.2 Å². The fourth-order valence-electron chi connectivity index (χ4n) is 2.47. The van der Waals surface area contributed by atoms with E-state index < -0.39 is 0 Å². The fraction of sp³-hybridized carbons (Fsp3) is 0.765. The number of nitriles is 4. The van der Waals surface area contributed by atoms with E-state index in [4.69, 9.17) is 21.0 Å². The van der Waals surface area contributed by atoms with Gasteiger partial charge >= 0.3 is 0 Å². The first-order chi connectivity index (χ1) is 11.2. The van der Waals surface area contributed by atoms with Gasteiger partial charge in [-0.1, -0.05) is 13.3 Å². The molecule has 0 fully saturated rings. The summed E-state index contributed by atoms with van der Waals surface area (Å²) >= 11 is 0. The highest BCUT2D eigenvalue weighted by molar-refractivity contribution is 4.81. The van der Waals surface area contributed by atoms with E-state index in [1.165, 1.54) is 0 Å². The summed E-state index contributed by atoms with van der Waals surface area (Å²) in [6.45, 7) is 6.56. The van der Waals surface area contributed by atoms with Gasteiger partial charge in [-0.15, -0.1) is 0 Å². The summed E-state index contributed by atoms with van der Waals surface area (Å²) in [5, 5.41) is 35.0. The third kappa shape index (κ3) is 11.1. The predicted molar refractivity (Wildman–Crippen MR) is 87.6 cm³/mol. The monoisotopic (exact) mass is 314 g/mol. The van der Waals surface area contributed by atoms with Crippen molar-refractivity contribution in [3.63, 3.8) is 0 Å². The van der Waals surface area contributed by atoms with E-state index in [-0.39, 0.29) is 0 Å². The van der Waals surface area contributed by atoms with Crippen LogP contribution in [0.4, 0.5) is 0 Å². The summed E-state index contributed by atoms with van der Waals surface area (Å²) in [7, 11) is 0. The number of hydrogen-bond donors (Lipinski definition) is 0. The summed E-state index contributed by atoms with van der Waals surface area (Å²) in [6, 6.07) is 8.62. The lowest BCUT2D eigenvalue weighted by molar-refractivity contribution is 0.178. The predicted octanol–water partition coefficient (Wildman–Crippen LogP) is 2.27. The normalized spacial score (nSPS) is 10.3. The maximum absolute atomic E-state index is 8.76. The molecule has 0 rings (SSSR count). The van der Waals surface area contributed by atoms with Gasteiger partial charge in [0.15, 0.2) is 0 Å². The zero-order valence-corrected chi connectivity index (χ0v) is 14.0. The molecular weight excluding hydrogens is 288 g/mol. The van der Waals surface area contributed by atoms with Crippen LogP contribution >= 0.6 is 0 Å². The van der Waals surface area contributed by atoms with E-state index in [9.17, 15) is 0 Å². The smallest absolute Gasteiger partial charge is 0.0635 e. The largest absolute Gasteiger partial charge is 0.301 e. The lowest BCUT2D eigenvalue weighted by atomic mass is 10.0. The average molecular weight is 314 g/mol. The summed E-state index contributed by atoms with van der Waals surface area (Å²) in [6.07, 6.45) is 2.86. The Bertz CT molecular complexity index is 383. The molecule has 0 spiro atoms. The van der Waals surface area contributed by atoms with Crippen molar-refractivity contribution in [1.82, 2.24) is 9.80 Å². The Kier molecular flexibility index (Phi) is 13.4. The minimum atomic E-state index is 0.407. The van der Waals surface area contributed by atoms with Crippen molar-refractivity contribution in [2.75, 3.05) is 39.3 Å². The van der Waals surface area contributed by atoms with E-state index in [1.54, 1.807) is 0 Å². The molecule has 6 heteroatoms. The maximum atomic E-state index is 8.76. The van der Waals surface area contributed by atoms with Gasteiger partial charge in [0.2, 0.25) is 0 Å². The van der Waals surface area contributed by atoms with Gasteiger partial charge < -0.3 is 9.80 Å². The van der Waals surface area contributed by atoms with Crippen LogP contribution in [0.2, 0.25) is 0 Å². The van der Waals surface area contributed by atoms with Crippen molar-refractivity contribution in [2.45, 2.75) is 39.0 Å². The van der Waals surface area contributed by atoms with E-state index in [2.05, 4.69) is 41.0 Å². The molecular formula is C17H26N6. The third-order valence-corrected chi connectivity index (χ3v) is 3.77. The fourth-order valence-corrected chi connectivity index (χ4v) is 2.47. The molecule has 6 nitrogen and oxygen atoms in total. The molecule has 0 heterocycles. The van der Waals surface area contributed by atoms with Crippen LogP contribution in [0.5, 0.6) is 0 Å². The lowest BCUT2D eigenvalue weighted by Gasteiger charge is -2.30. The molecule has 0 radical (unpaired) electrons. The maximum Gasteiger partial charge on any atom is 0.0635 e. The van der Waals surface area contributed by atoms with Crippen LogP contribution in [-0.2, 0) is 0 Å². The zero-order chi connectivity index (χ0) is 17.3. The van der Waals surface area contributed by atoms with Crippen LogP contribution in [0.15, 0.2) is 0 Å². The quantitative estimate of drug-likeness (QED) is 0.517. The van der Waals surface area contributed by atoms with E-state index in [1.807, 2.05) is 0 Å². The Morgan fingerprint density at radius 1 is 0.652 bits per heavy atom. The van der Waals surface area contributed by atoms with E-state index >= 15 is 0 Å². The minimum Gasteiger partial charge on any atom is -0.301 e. The number of nitrogens with zero attached hydrogens (tertiary/aromatic N) is 6. The van der Waals surface area contributed by atoms with Crippen LogP contribution in [0.1, 0.15) is 39.0 Å². The second-order valence-electron chi connectivity index (χ2n) is 5.51.